The minimum Gasteiger partial charge on any atom is -0.376 e. The summed E-state index contributed by atoms with van der Waals surface area (Å²) in [5.41, 5.74) is 0.469. The molecule has 1 aromatic heterocycles. The Bertz CT molecular complexity index is 759. The second kappa shape index (κ2) is 8.52. The van der Waals surface area contributed by atoms with Crippen LogP contribution in [0, 0.1) is 0 Å². The number of aromatic nitrogens is 1. The molecule has 1 saturated heterocycles. The molecule has 1 aliphatic heterocycles. The molecule has 1 amide bonds. The molecule has 0 bridgehead atoms. The van der Waals surface area contributed by atoms with Gasteiger partial charge in [-0.1, -0.05) is 24.3 Å². The van der Waals surface area contributed by atoms with Gasteiger partial charge in [-0.25, -0.2) is 0 Å². The lowest BCUT2D eigenvalue weighted by molar-refractivity contribution is -0.138. The summed E-state index contributed by atoms with van der Waals surface area (Å²) in [6.45, 7) is 1.45. The molecule has 2 aromatic rings. The summed E-state index contributed by atoms with van der Waals surface area (Å²) in [6.07, 6.45) is 0.613. The van der Waals surface area contributed by atoms with Crippen molar-refractivity contribution in [2.75, 3.05) is 13.2 Å². The summed E-state index contributed by atoms with van der Waals surface area (Å²) in [4.78, 5) is 18.5. The summed E-state index contributed by atoms with van der Waals surface area (Å²) >= 11 is 0. The zero-order valence-electron chi connectivity index (χ0n) is 14.8. The quantitative estimate of drug-likeness (QED) is 0.767. The number of carbonyl (C=O) groups is 1. The van der Waals surface area contributed by atoms with Gasteiger partial charge < -0.3 is 9.64 Å². The third-order valence-electron chi connectivity index (χ3n) is 4.51. The third-order valence-corrected chi connectivity index (χ3v) is 4.51. The number of hydrogen-bond acceptors (Lipinski definition) is 3. The van der Waals surface area contributed by atoms with Crippen LogP contribution < -0.4 is 0 Å². The maximum atomic E-state index is 12.9. The van der Waals surface area contributed by atoms with Crippen LogP contribution in [0.5, 0.6) is 0 Å². The first-order valence-electron chi connectivity index (χ1n) is 8.86. The highest BCUT2D eigenvalue weighted by Crippen LogP contribution is 2.29. The maximum Gasteiger partial charge on any atom is 0.416 e. The van der Waals surface area contributed by atoms with Crippen LogP contribution in [0.15, 0.2) is 48.8 Å². The second-order valence-corrected chi connectivity index (χ2v) is 6.65. The predicted octanol–water partition coefficient (Wildman–Crippen LogP) is 3.85. The molecule has 1 aliphatic rings. The van der Waals surface area contributed by atoms with Crippen LogP contribution in [0.4, 0.5) is 13.2 Å². The number of carbonyl (C=O) groups excluding carboxylic acids is 1. The van der Waals surface area contributed by atoms with E-state index in [-0.39, 0.29) is 18.4 Å². The van der Waals surface area contributed by atoms with Gasteiger partial charge in [0.2, 0.25) is 5.91 Å². The predicted molar refractivity (Wildman–Crippen MR) is 93.8 cm³/mol. The molecule has 144 valence electrons. The molecule has 7 heteroatoms. The molecule has 0 spiro atoms. The van der Waals surface area contributed by atoms with Gasteiger partial charge in [0, 0.05) is 32.1 Å². The highest BCUT2D eigenvalue weighted by molar-refractivity contribution is 5.79. The fraction of sp³-hybridized carbons (Fsp3) is 0.400. The van der Waals surface area contributed by atoms with Crippen LogP contribution in [0.25, 0.3) is 0 Å². The van der Waals surface area contributed by atoms with Gasteiger partial charge >= 0.3 is 6.18 Å². The van der Waals surface area contributed by atoms with Gasteiger partial charge in [0.05, 0.1) is 18.1 Å². The zero-order valence-corrected chi connectivity index (χ0v) is 14.8. The smallest absolute Gasteiger partial charge is 0.376 e. The van der Waals surface area contributed by atoms with Crippen molar-refractivity contribution in [2.45, 2.75) is 38.1 Å². The monoisotopic (exact) mass is 378 g/mol. The molecule has 1 atom stereocenters. The molecule has 1 fully saturated rings. The molecule has 27 heavy (non-hydrogen) atoms. The normalized spacial score (nSPS) is 17.1. The van der Waals surface area contributed by atoms with E-state index in [1.807, 2.05) is 6.07 Å². The Morgan fingerprint density at radius 1 is 1.22 bits per heavy atom. The van der Waals surface area contributed by atoms with Crippen molar-refractivity contribution in [3.63, 3.8) is 0 Å². The van der Waals surface area contributed by atoms with Crippen molar-refractivity contribution in [1.29, 1.82) is 0 Å². The highest BCUT2D eigenvalue weighted by atomic mass is 19.4. The Morgan fingerprint density at radius 2 is 2.04 bits per heavy atom. The van der Waals surface area contributed by atoms with E-state index in [9.17, 15) is 18.0 Å². The summed E-state index contributed by atoms with van der Waals surface area (Å²) in [7, 11) is 0. The van der Waals surface area contributed by atoms with Crippen molar-refractivity contribution in [3.8, 4) is 0 Å². The molecule has 4 nitrogen and oxygen atoms in total. The van der Waals surface area contributed by atoms with Gasteiger partial charge in [-0.3, -0.25) is 9.78 Å². The molecule has 3 rings (SSSR count). The average molecular weight is 378 g/mol. The molecule has 0 aliphatic carbocycles. The van der Waals surface area contributed by atoms with Gasteiger partial charge in [0.15, 0.2) is 0 Å². The van der Waals surface area contributed by atoms with E-state index >= 15 is 0 Å². The van der Waals surface area contributed by atoms with Crippen LogP contribution in [0.1, 0.15) is 29.5 Å². The number of ether oxygens (including phenoxy) is 1. The van der Waals surface area contributed by atoms with Gasteiger partial charge in [0.1, 0.15) is 0 Å². The average Bonchev–Trinajstić information content (AvgIpc) is 3.15. The number of nitrogens with zero attached hydrogens (tertiary/aromatic N) is 2. The van der Waals surface area contributed by atoms with Crippen molar-refractivity contribution >= 4 is 5.91 Å². The van der Waals surface area contributed by atoms with Crippen molar-refractivity contribution in [2.24, 2.45) is 0 Å². The second-order valence-electron chi connectivity index (χ2n) is 6.65. The van der Waals surface area contributed by atoms with Gasteiger partial charge in [0.25, 0.3) is 0 Å². The lowest BCUT2D eigenvalue weighted by atomic mass is 10.1. The molecule has 1 aromatic carbocycles. The van der Waals surface area contributed by atoms with Crippen molar-refractivity contribution in [1.82, 2.24) is 9.88 Å². The van der Waals surface area contributed by atoms with E-state index in [4.69, 9.17) is 4.74 Å². The van der Waals surface area contributed by atoms with Crippen LogP contribution >= 0.6 is 0 Å². The van der Waals surface area contributed by atoms with Crippen LogP contribution in [0.3, 0.4) is 0 Å². The van der Waals surface area contributed by atoms with E-state index in [0.717, 1.165) is 30.5 Å². The van der Waals surface area contributed by atoms with Gasteiger partial charge in [-0.15, -0.1) is 0 Å². The first-order chi connectivity index (χ1) is 12.9. The number of alkyl halides is 3. The lowest BCUT2D eigenvalue weighted by Crippen LogP contribution is -2.37. The first kappa shape index (κ1) is 19.4. The van der Waals surface area contributed by atoms with E-state index in [2.05, 4.69) is 4.98 Å². The number of halogens is 3. The number of pyridine rings is 1. The Hall–Kier alpha value is -2.41. The number of amides is 1. The van der Waals surface area contributed by atoms with E-state index < -0.39 is 11.7 Å². The van der Waals surface area contributed by atoms with Crippen molar-refractivity contribution in [3.05, 3.63) is 65.5 Å². The van der Waals surface area contributed by atoms with E-state index in [1.165, 1.54) is 6.07 Å². The SMILES string of the molecule is O=C(Cc1cccc(C(F)(F)F)c1)N(Cc1cccnc1)C[C@H]1CCCO1. The molecule has 0 saturated carbocycles. The Labute approximate surface area is 156 Å². The third kappa shape index (κ3) is 5.53. The Kier molecular flexibility index (Phi) is 6.11. The summed E-state index contributed by atoms with van der Waals surface area (Å²) in [5.74, 6) is -0.228. The van der Waals surface area contributed by atoms with Crippen molar-refractivity contribution < 1.29 is 22.7 Å². The topological polar surface area (TPSA) is 42.4 Å². The molecule has 0 radical (unpaired) electrons. The largest absolute Gasteiger partial charge is 0.416 e. The number of rotatable bonds is 6. The van der Waals surface area contributed by atoms with Gasteiger partial charge in [-0.05, 0) is 36.1 Å². The summed E-state index contributed by atoms with van der Waals surface area (Å²) in [6, 6.07) is 8.57. The molecule has 0 unspecified atom stereocenters. The standard InChI is InChI=1S/C20H21F3N2O2/c21-20(22,23)17-6-1-4-15(10-17)11-19(26)25(14-18-7-3-9-27-18)13-16-5-2-8-24-12-16/h1-2,4-6,8,10,12,18H,3,7,9,11,13-14H2/t18-/m1/s1. The summed E-state index contributed by atoms with van der Waals surface area (Å²) < 4.78 is 44.3. The Balaban J connectivity index is 1.73. The molecular formula is C20H21F3N2O2. The summed E-state index contributed by atoms with van der Waals surface area (Å²) in [5, 5.41) is 0. The minimum absolute atomic E-state index is 0.0351. The fourth-order valence-electron chi connectivity index (χ4n) is 3.14. The van der Waals surface area contributed by atoms with Crippen LogP contribution in [-0.4, -0.2) is 35.0 Å². The molecule has 0 N–H and O–H groups in total. The molecule has 2 heterocycles. The van der Waals surface area contributed by atoms with E-state index in [1.54, 1.807) is 29.4 Å². The highest BCUT2D eigenvalue weighted by Gasteiger charge is 2.30. The molecular weight excluding hydrogens is 357 g/mol. The Morgan fingerprint density at radius 3 is 2.70 bits per heavy atom. The zero-order chi connectivity index (χ0) is 19.3. The first-order valence-corrected chi connectivity index (χ1v) is 8.86. The van der Waals surface area contributed by atoms with Gasteiger partial charge in [-0.2, -0.15) is 13.2 Å². The minimum atomic E-state index is -4.42. The van der Waals surface area contributed by atoms with E-state index in [0.29, 0.717) is 25.3 Å². The van der Waals surface area contributed by atoms with Crippen LogP contribution in [-0.2, 0) is 28.7 Å². The number of hydrogen-bond donors (Lipinski definition) is 0. The fourth-order valence-corrected chi connectivity index (χ4v) is 3.14. The maximum absolute atomic E-state index is 12.9. The lowest BCUT2D eigenvalue weighted by Gasteiger charge is -2.26. The van der Waals surface area contributed by atoms with Crippen LogP contribution in [0.2, 0.25) is 0 Å². The number of benzene rings is 1.